The third-order valence-corrected chi connectivity index (χ3v) is 14.8. The molecule has 0 spiro atoms. The minimum atomic E-state index is -0.845. The maximum Gasteiger partial charge on any atom is 0.252 e. The molecule has 4 aliphatic heterocycles. The molecular formula is C54H64N8O4. The molecule has 5 heterocycles. The molecule has 344 valence electrons. The minimum absolute atomic E-state index is 0.0753. The highest BCUT2D eigenvalue weighted by atomic mass is 16.2. The van der Waals surface area contributed by atoms with Crippen LogP contribution < -0.4 is 21.3 Å². The summed E-state index contributed by atoms with van der Waals surface area (Å²) < 4.78 is 1.85. The van der Waals surface area contributed by atoms with E-state index in [0.29, 0.717) is 42.7 Å². The maximum atomic E-state index is 13.6. The zero-order valence-electron chi connectivity index (χ0n) is 39.0. The summed E-state index contributed by atoms with van der Waals surface area (Å²) in [5, 5.41) is 20.5. The minimum Gasteiger partial charge on any atom is -0.380 e. The smallest absolute Gasteiger partial charge is 0.252 e. The highest BCUT2D eigenvalue weighted by Crippen LogP contribution is 2.38. The van der Waals surface area contributed by atoms with Gasteiger partial charge in [0.2, 0.25) is 17.7 Å². The van der Waals surface area contributed by atoms with Gasteiger partial charge in [0.15, 0.2) is 0 Å². The number of aryl methyl sites for hydroxylation is 2. The Bertz CT molecular complexity index is 2710. The van der Waals surface area contributed by atoms with E-state index < -0.39 is 5.41 Å². The predicted molar refractivity (Wildman–Crippen MR) is 260 cm³/mol. The highest BCUT2D eigenvalue weighted by molar-refractivity contribution is 6.05. The number of piperidine rings is 3. The number of likely N-dealkylation sites (tertiary alicyclic amines) is 2. The van der Waals surface area contributed by atoms with Gasteiger partial charge in [-0.1, -0.05) is 60.4 Å². The first-order valence-electron chi connectivity index (χ1n) is 24.2. The van der Waals surface area contributed by atoms with Crippen molar-refractivity contribution in [3.8, 4) is 11.8 Å². The lowest BCUT2D eigenvalue weighted by Gasteiger charge is -2.33. The predicted octanol–water partition coefficient (Wildman–Crippen LogP) is 7.24. The summed E-state index contributed by atoms with van der Waals surface area (Å²) in [6.45, 7) is 12.4. The van der Waals surface area contributed by atoms with Crippen LogP contribution in [0.3, 0.4) is 0 Å². The molecule has 9 rings (SSSR count). The second-order valence-corrected chi connectivity index (χ2v) is 19.4. The second kappa shape index (κ2) is 19.4. The first-order valence-corrected chi connectivity index (χ1v) is 24.2. The molecule has 0 aliphatic carbocycles. The van der Waals surface area contributed by atoms with E-state index in [4.69, 9.17) is 5.10 Å². The normalized spacial score (nSPS) is 20.4. The maximum absolute atomic E-state index is 13.6. The zero-order valence-corrected chi connectivity index (χ0v) is 39.0. The highest BCUT2D eigenvalue weighted by Gasteiger charge is 2.43. The van der Waals surface area contributed by atoms with E-state index in [-0.39, 0.29) is 29.7 Å². The Morgan fingerprint density at radius 2 is 1.68 bits per heavy atom. The largest absolute Gasteiger partial charge is 0.380 e. The number of amides is 4. The van der Waals surface area contributed by atoms with Crippen LogP contribution in [0.1, 0.15) is 122 Å². The Morgan fingerprint density at radius 3 is 2.42 bits per heavy atom. The van der Waals surface area contributed by atoms with Crippen LogP contribution in [0.4, 0.5) is 5.69 Å². The molecule has 1 aromatic heterocycles. The number of anilines is 1. The summed E-state index contributed by atoms with van der Waals surface area (Å²) >= 11 is 0. The monoisotopic (exact) mass is 889 g/mol. The SMILES string of the molecule is Cc1ccc(NC2CNC2)cc1C(=O)N[C@H](C)c1ccc(C#CC2CCN(CCCCC(=O)N3CCC(c4ccc5c([C@@]6(C)CCC(=O)NC6=O)nn(C)c5c4)CC3)CC2)c2ccccc12. The summed E-state index contributed by atoms with van der Waals surface area (Å²) in [6.07, 6.45) is 7.20. The number of nitrogens with zero attached hydrogens (tertiary/aromatic N) is 4. The average molecular weight is 889 g/mol. The number of nitrogens with one attached hydrogen (secondary N) is 4. The van der Waals surface area contributed by atoms with Crippen molar-refractivity contribution in [1.29, 1.82) is 0 Å². The van der Waals surface area contributed by atoms with Crippen molar-refractivity contribution in [3.05, 3.63) is 106 Å². The molecule has 4 saturated heterocycles. The van der Waals surface area contributed by atoms with Crippen molar-refractivity contribution in [2.75, 3.05) is 51.1 Å². The molecule has 0 saturated carbocycles. The first kappa shape index (κ1) is 45.1. The van der Waals surface area contributed by atoms with Crippen molar-refractivity contribution in [3.63, 3.8) is 0 Å². The lowest BCUT2D eigenvalue weighted by Crippen LogP contribution is -2.51. The number of imide groups is 1. The Kier molecular flexibility index (Phi) is 13.3. The molecule has 2 atom stereocenters. The Morgan fingerprint density at radius 1 is 0.909 bits per heavy atom. The number of carbonyl (C=O) groups excluding carboxylic acids is 4. The van der Waals surface area contributed by atoms with Gasteiger partial charge in [-0.3, -0.25) is 29.2 Å². The van der Waals surface area contributed by atoms with Crippen LogP contribution in [0.2, 0.25) is 0 Å². The summed E-state index contributed by atoms with van der Waals surface area (Å²) in [6, 6.07) is 25.3. The number of hydrogen-bond acceptors (Lipinski definition) is 8. The molecular weight excluding hydrogens is 825 g/mol. The standard InChI is InChI=1S/C54H64N8O4/c1-35-12-17-41(57-42-33-55-34-42)32-47(35)52(65)56-36(2)43-18-15-39(44-9-5-6-10-45(43)44)14-13-37-21-27-61(28-22-37)26-8-7-11-50(64)62-29-23-38(24-30-62)40-16-19-46-48(31-40)60(4)59-51(46)54(3)25-20-49(63)58-53(54)66/h5-6,9-10,12,15-19,31-32,36-38,42,55,57H,7-8,11,20-30,33-34H2,1-4H3,(H,56,65)(H,58,63,66)/t36-,54-/m1/s1. The lowest BCUT2D eigenvalue weighted by atomic mass is 9.77. The van der Waals surface area contributed by atoms with Gasteiger partial charge in [-0.25, -0.2) is 0 Å². The van der Waals surface area contributed by atoms with Gasteiger partial charge >= 0.3 is 0 Å². The van der Waals surface area contributed by atoms with E-state index in [0.717, 1.165) is 134 Å². The third kappa shape index (κ3) is 9.60. The molecule has 5 aromatic rings. The van der Waals surface area contributed by atoms with Crippen molar-refractivity contribution < 1.29 is 19.2 Å². The average Bonchev–Trinajstić information content (AvgIpc) is 3.66. The topological polar surface area (TPSA) is 141 Å². The number of rotatable bonds is 12. The van der Waals surface area contributed by atoms with Crippen LogP contribution in [0, 0.1) is 24.7 Å². The van der Waals surface area contributed by atoms with Gasteiger partial charge in [-0.05, 0) is 143 Å². The van der Waals surface area contributed by atoms with Gasteiger partial charge in [0, 0.05) is 74.2 Å². The number of carbonyl (C=O) groups is 4. The number of unbranched alkanes of at least 4 members (excludes halogenated alkanes) is 1. The Balaban J connectivity index is 0.712. The molecule has 4 aliphatic rings. The van der Waals surface area contributed by atoms with Crippen molar-refractivity contribution in [1.82, 2.24) is 35.5 Å². The van der Waals surface area contributed by atoms with Crippen molar-refractivity contribution in [2.45, 2.75) is 102 Å². The zero-order chi connectivity index (χ0) is 46.0. The van der Waals surface area contributed by atoms with Crippen molar-refractivity contribution >= 4 is 51.0 Å². The van der Waals surface area contributed by atoms with E-state index in [1.54, 1.807) is 0 Å². The number of benzene rings is 4. The second-order valence-electron chi connectivity index (χ2n) is 19.4. The molecule has 0 unspecified atom stereocenters. The van der Waals surface area contributed by atoms with Gasteiger partial charge in [0.25, 0.3) is 5.91 Å². The van der Waals surface area contributed by atoms with Crippen LogP contribution in [-0.4, -0.2) is 95.1 Å². The summed E-state index contributed by atoms with van der Waals surface area (Å²) in [7, 11) is 1.91. The number of hydrogen-bond donors (Lipinski definition) is 4. The Labute approximate surface area is 388 Å². The fourth-order valence-electron chi connectivity index (χ4n) is 10.4. The van der Waals surface area contributed by atoms with Crippen LogP contribution in [0.25, 0.3) is 21.7 Å². The molecule has 12 heteroatoms. The van der Waals surface area contributed by atoms with E-state index >= 15 is 0 Å². The van der Waals surface area contributed by atoms with Crippen LogP contribution in [0.5, 0.6) is 0 Å². The van der Waals surface area contributed by atoms with E-state index in [9.17, 15) is 19.2 Å². The first-order chi connectivity index (χ1) is 31.9. The fourth-order valence-corrected chi connectivity index (χ4v) is 10.4. The van der Waals surface area contributed by atoms with Crippen molar-refractivity contribution in [2.24, 2.45) is 13.0 Å². The van der Waals surface area contributed by atoms with E-state index in [1.807, 2.05) is 43.8 Å². The van der Waals surface area contributed by atoms with Gasteiger partial charge in [-0.15, -0.1) is 0 Å². The molecule has 4 amide bonds. The lowest BCUT2D eigenvalue weighted by molar-refractivity contribution is -0.137. The molecule has 4 aromatic carbocycles. The summed E-state index contributed by atoms with van der Waals surface area (Å²) in [5.74, 6) is 7.54. The summed E-state index contributed by atoms with van der Waals surface area (Å²) in [5.41, 5.74) is 6.81. The van der Waals surface area contributed by atoms with Crippen LogP contribution in [-0.2, 0) is 26.8 Å². The molecule has 4 N–H and O–H groups in total. The van der Waals surface area contributed by atoms with Gasteiger partial charge in [-0.2, -0.15) is 5.10 Å². The Hall–Kier alpha value is -6.03. The quantitative estimate of drug-likeness (QED) is 0.0584. The van der Waals surface area contributed by atoms with Crippen LogP contribution in [0.15, 0.2) is 72.8 Å². The summed E-state index contributed by atoms with van der Waals surface area (Å²) in [4.78, 5) is 56.1. The third-order valence-electron chi connectivity index (χ3n) is 14.8. The molecule has 66 heavy (non-hydrogen) atoms. The molecule has 0 radical (unpaired) electrons. The fraction of sp³-hybridized carbons (Fsp3) is 0.463. The van der Waals surface area contributed by atoms with E-state index in [2.05, 4.69) is 104 Å². The number of aromatic nitrogens is 2. The number of fused-ring (bicyclic) bond motifs is 2. The molecule has 0 bridgehead atoms. The van der Waals surface area contributed by atoms with Crippen LogP contribution >= 0.6 is 0 Å². The van der Waals surface area contributed by atoms with Gasteiger partial charge < -0.3 is 25.8 Å². The molecule has 12 nitrogen and oxygen atoms in total. The van der Waals surface area contributed by atoms with E-state index in [1.165, 1.54) is 5.56 Å². The van der Waals surface area contributed by atoms with Gasteiger partial charge in [0.1, 0.15) is 0 Å². The molecule has 4 fully saturated rings. The van der Waals surface area contributed by atoms with Gasteiger partial charge in [0.05, 0.1) is 28.7 Å².